The molecule has 0 aliphatic rings. The summed E-state index contributed by atoms with van der Waals surface area (Å²) in [6.45, 7) is 3.35. The molecule has 0 saturated heterocycles. The number of nitrogens with zero attached hydrogens (tertiary/aromatic N) is 2. The quantitative estimate of drug-likeness (QED) is 0.578. The number of aromatic nitrogens is 2. The molecule has 0 radical (unpaired) electrons. The molecular formula is C22H24N4O2. The van der Waals surface area contributed by atoms with E-state index in [2.05, 4.69) is 20.6 Å². The SMILES string of the molecule is COCCCNc1cc(C(=O)Nc2ccc(C)cc2)nc(-c2ccccc2)n1. The number of amides is 1. The smallest absolute Gasteiger partial charge is 0.274 e. The van der Waals surface area contributed by atoms with E-state index >= 15 is 0 Å². The van der Waals surface area contributed by atoms with Crippen LogP contribution >= 0.6 is 0 Å². The summed E-state index contributed by atoms with van der Waals surface area (Å²) in [6.07, 6.45) is 0.839. The van der Waals surface area contributed by atoms with Crippen molar-refractivity contribution in [2.45, 2.75) is 13.3 Å². The van der Waals surface area contributed by atoms with E-state index in [9.17, 15) is 4.79 Å². The van der Waals surface area contributed by atoms with Crippen LogP contribution in [0.15, 0.2) is 60.7 Å². The molecule has 2 aromatic carbocycles. The Kier molecular flexibility index (Phi) is 6.70. The summed E-state index contributed by atoms with van der Waals surface area (Å²) in [5.74, 6) is 0.841. The number of carbonyl (C=O) groups is 1. The van der Waals surface area contributed by atoms with Gasteiger partial charge in [0.15, 0.2) is 5.82 Å². The largest absolute Gasteiger partial charge is 0.385 e. The third-order valence-electron chi connectivity index (χ3n) is 4.13. The minimum atomic E-state index is -0.275. The number of anilines is 2. The molecule has 0 atom stereocenters. The molecular weight excluding hydrogens is 352 g/mol. The first kappa shape index (κ1) is 19.5. The lowest BCUT2D eigenvalue weighted by Gasteiger charge is -2.11. The summed E-state index contributed by atoms with van der Waals surface area (Å²) in [5.41, 5.74) is 3.02. The number of nitrogens with one attached hydrogen (secondary N) is 2. The van der Waals surface area contributed by atoms with E-state index in [0.717, 1.165) is 23.2 Å². The van der Waals surface area contributed by atoms with Crippen LogP contribution in [0.5, 0.6) is 0 Å². The zero-order valence-electron chi connectivity index (χ0n) is 16.1. The zero-order valence-corrected chi connectivity index (χ0v) is 16.1. The van der Waals surface area contributed by atoms with Gasteiger partial charge in [-0.25, -0.2) is 9.97 Å². The summed E-state index contributed by atoms with van der Waals surface area (Å²) in [7, 11) is 1.67. The van der Waals surface area contributed by atoms with Crippen LogP contribution in [-0.2, 0) is 4.74 Å². The highest BCUT2D eigenvalue weighted by Gasteiger charge is 2.13. The lowest BCUT2D eigenvalue weighted by molar-refractivity contribution is 0.102. The van der Waals surface area contributed by atoms with Gasteiger partial charge in [0.05, 0.1) is 0 Å². The molecule has 1 heterocycles. The molecule has 0 aliphatic heterocycles. The minimum absolute atomic E-state index is 0.275. The van der Waals surface area contributed by atoms with Crippen LogP contribution < -0.4 is 10.6 Å². The Morgan fingerprint density at radius 1 is 1.04 bits per heavy atom. The van der Waals surface area contributed by atoms with Gasteiger partial charge in [-0.3, -0.25) is 4.79 Å². The second kappa shape index (κ2) is 9.62. The van der Waals surface area contributed by atoms with Gasteiger partial charge in [0.25, 0.3) is 5.91 Å². The van der Waals surface area contributed by atoms with Gasteiger partial charge in [0.2, 0.25) is 0 Å². The van der Waals surface area contributed by atoms with Crippen molar-refractivity contribution in [3.63, 3.8) is 0 Å². The molecule has 6 heteroatoms. The number of benzene rings is 2. The van der Waals surface area contributed by atoms with Gasteiger partial charge in [-0.2, -0.15) is 0 Å². The van der Waals surface area contributed by atoms with Crippen molar-refractivity contribution in [3.05, 3.63) is 71.9 Å². The Morgan fingerprint density at radius 3 is 2.50 bits per heavy atom. The molecule has 144 valence electrons. The molecule has 3 aromatic rings. The molecule has 0 unspecified atom stereocenters. The van der Waals surface area contributed by atoms with Crippen LogP contribution in [0, 0.1) is 6.92 Å². The summed E-state index contributed by atoms with van der Waals surface area (Å²) < 4.78 is 5.07. The van der Waals surface area contributed by atoms with E-state index in [1.807, 2.05) is 61.5 Å². The van der Waals surface area contributed by atoms with Crippen LogP contribution in [0.4, 0.5) is 11.5 Å². The van der Waals surface area contributed by atoms with Gasteiger partial charge in [0, 0.05) is 37.6 Å². The Labute approximate surface area is 165 Å². The molecule has 3 rings (SSSR count). The van der Waals surface area contributed by atoms with E-state index in [-0.39, 0.29) is 5.91 Å². The summed E-state index contributed by atoms with van der Waals surface area (Å²) >= 11 is 0. The Hall–Kier alpha value is -3.25. The van der Waals surface area contributed by atoms with Crippen molar-refractivity contribution < 1.29 is 9.53 Å². The zero-order chi connectivity index (χ0) is 19.8. The van der Waals surface area contributed by atoms with Gasteiger partial charge >= 0.3 is 0 Å². The number of carbonyl (C=O) groups excluding carboxylic acids is 1. The Morgan fingerprint density at radius 2 is 1.79 bits per heavy atom. The topological polar surface area (TPSA) is 76.1 Å². The third kappa shape index (κ3) is 5.37. The van der Waals surface area contributed by atoms with Crippen molar-refractivity contribution in [2.24, 2.45) is 0 Å². The molecule has 0 bridgehead atoms. The first-order chi connectivity index (χ1) is 13.7. The second-order valence-electron chi connectivity index (χ2n) is 6.42. The van der Waals surface area contributed by atoms with Crippen LogP contribution in [-0.4, -0.2) is 36.1 Å². The number of hydrogen-bond donors (Lipinski definition) is 2. The molecule has 0 saturated carbocycles. The normalized spacial score (nSPS) is 10.5. The van der Waals surface area contributed by atoms with Crippen LogP contribution in [0.3, 0.4) is 0 Å². The number of rotatable bonds is 8. The van der Waals surface area contributed by atoms with E-state index in [4.69, 9.17) is 4.74 Å². The Bertz CT molecular complexity index is 912. The third-order valence-corrected chi connectivity index (χ3v) is 4.13. The fraction of sp³-hybridized carbons (Fsp3) is 0.227. The van der Waals surface area contributed by atoms with Crippen molar-refractivity contribution in [3.8, 4) is 11.4 Å². The lowest BCUT2D eigenvalue weighted by atomic mass is 10.2. The Balaban J connectivity index is 1.85. The maximum atomic E-state index is 12.8. The summed E-state index contributed by atoms with van der Waals surface area (Å²) in [6, 6.07) is 18.9. The monoisotopic (exact) mass is 376 g/mol. The van der Waals surface area contributed by atoms with Gasteiger partial charge in [0.1, 0.15) is 11.5 Å². The lowest BCUT2D eigenvalue weighted by Crippen LogP contribution is -2.16. The molecule has 0 fully saturated rings. The number of aryl methyl sites for hydroxylation is 1. The molecule has 6 nitrogen and oxygen atoms in total. The highest BCUT2D eigenvalue weighted by atomic mass is 16.5. The van der Waals surface area contributed by atoms with Crippen LogP contribution in [0.25, 0.3) is 11.4 Å². The fourth-order valence-corrected chi connectivity index (χ4v) is 2.64. The maximum Gasteiger partial charge on any atom is 0.274 e. The average Bonchev–Trinajstić information content (AvgIpc) is 2.73. The van der Waals surface area contributed by atoms with Crippen LogP contribution in [0.1, 0.15) is 22.5 Å². The number of ether oxygens (including phenoxy) is 1. The molecule has 0 aliphatic carbocycles. The summed E-state index contributed by atoms with van der Waals surface area (Å²) in [5, 5.41) is 6.14. The predicted octanol–water partition coefficient (Wildman–Crippen LogP) is 4.15. The van der Waals surface area contributed by atoms with Crippen LogP contribution in [0.2, 0.25) is 0 Å². The van der Waals surface area contributed by atoms with E-state index in [1.54, 1.807) is 13.2 Å². The maximum absolute atomic E-state index is 12.8. The average molecular weight is 376 g/mol. The number of hydrogen-bond acceptors (Lipinski definition) is 5. The minimum Gasteiger partial charge on any atom is -0.385 e. The molecule has 1 aromatic heterocycles. The van der Waals surface area contributed by atoms with E-state index in [1.165, 1.54) is 0 Å². The second-order valence-corrected chi connectivity index (χ2v) is 6.42. The number of methoxy groups -OCH3 is 1. The predicted molar refractivity (Wildman–Crippen MR) is 112 cm³/mol. The van der Waals surface area contributed by atoms with Gasteiger partial charge in [-0.1, -0.05) is 48.0 Å². The first-order valence-electron chi connectivity index (χ1n) is 9.21. The van der Waals surface area contributed by atoms with Gasteiger partial charge in [-0.15, -0.1) is 0 Å². The molecule has 28 heavy (non-hydrogen) atoms. The first-order valence-corrected chi connectivity index (χ1v) is 9.21. The molecule has 2 N–H and O–H groups in total. The molecule has 1 amide bonds. The van der Waals surface area contributed by atoms with Crippen molar-refractivity contribution in [1.82, 2.24) is 9.97 Å². The van der Waals surface area contributed by atoms with E-state index < -0.39 is 0 Å². The van der Waals surface area contributed by atoms with Gasteiger partial charge < -0.3 is 15.4 Å². The molecule has 0 spiro atoms. The van der Waals surface area contributed by atoms with Crippen molar-refractivity contribution in [1.29, 1.82) is 0 Å². The fourth-order valence-electron chi connectivity index (χ4n) is 2.64. The van der Waals surface area contributed by atoms with E-state index in [0.29, 0.717) is 30.5 Å². The highest BCUT2D eigenvalue weighted by Crippen LogP contribution is 2.19. The highest BCUT2D eigenvalue weighted by molar-refractivity contribution is 6.03. The van der Waals surface area contributed by atoms with Crippen molar-refractivity contribution in [2.75, 3.05) is 30.9 Å². The van der Waals surface area contributed by atoms with Gasteiger partial charge in [-0.05, 0) is 25.5 Å². The summed E-state index contributed by atoms with van der Waals surface area (Å²) in [4.78, 5) is 21.8. The standard InChI is InChI=1S/C22H24N4O2/c1-16-9-11-18(12-10-16)24-22(27)19-15-20(23-13-6-14-28-2)26-21(25-19)17-7-4-3-5-8-17/h3-5,7-12,15H,6,13-14H2,1-2H3,(H,24,27)(H,23,25,26). The van der Waals surface area contributed by atoms with Crippen molar-refractivity contribution >= 4 is 17.4 Å².